The van der Waals surface area contributed by atoms with Gasteiger partial charge in [0.05, 0.1) is 18.8 Å². The lowest BCUT2D eigenvalue weighted by Crippen LogP contribution is -2.35. The van der Waals surface area contributed by atoms with E-state index in [-0.39, 0.29) is 11.6 Å². The van der Waals surface area contributed by atoms with E-state index in [2.05, 4.69) is 30.9 Å². The van der Waals surface area contributed by atoms with Crippen LogP contribution in [0.1, 0.15) is 32.8 Å². The van der Waals surface area contributed by atoms with Crippen molar-refractivity contribution in [3.05, 3.63) is 35.9 Å². The van der Waals surface area contributed by atoms with Gasteiger partial charge in [-0.25, -0.2) is 0 Å². The second kappa shape index (κ2) is 8.80. The summed E-state index contributed by atoms with van der Waals surface area (Å²) in [5.74, 6) is -0.177. The standard InChI is InChI=1S/C17H27NO3/c1-5-21-16(19)14-18(12-11-17(2,3)20-4)13-15-9-7-6-8-10-15/h6-10H,5,11-14H2,1-4H3. The van der Waals surface area contributed by atoms with Crippen LogP contribution in [0.2, 0.25) is 0 Å². The molecule has 0 aliphatic carbocycles. The lowest BCUT2D eigenvalue weighted by molar-refractivity contribution is -0.144. The van der Waals surface area contributed by atoms with Crippen molar-refractivity contribution >= 4 is 5.97 Å². The predicted molar refractivity (Wildman–Crippen MR) is 84.1 cm³/mol. The van der Waals surface area contributed by atoms with Crippen molar-refractivity contribution in [1.29, 1.82) is 0 Å². The van der Waals surface area contributed by atoms with E-state index in [1.54, 1.807) is 7.11 Å². The highest BCUT2D eigenvalue weighted by Crippen LogP contribution is 2.15. The number of hydrogen-bond acceptors (Lipinski definition) is 4. The normalized spacial score (nSPS) is 11.7. The predicted octanol–water partition coefficient (Wildman–Crippen LogP) is 2.87. The quantitative estimate of drug-likeness (QED) is 0.656. The molecule has 4 heteroatoms. The van der Waals surface area contributed by atoms with Gasteiger partial charge in [0.15, 0.2) is 0 Å². The molecule has 0 unspecified atom stereocenters. The van der Waals surface area contributed by atoms with Crippen molar-refractivity contribution < 1.29 is 14.3 Å². The molecular formula is C17H27NO3. The van der Waals surface area contributed by atoms with E-state index in [1.165, 1.54) is 5.56 Å². The zero-order valence-corrected chi connectivity index (χ0v) is 13.6. The van der Waals surface area contributed by atoms with Gasteiger partial charge in [-0.3, -0.25) is 9.69 Å². The average molecular weight is 293 g/mol. The Morgan fingerprint density at radius 2 is 1.90 bits per heavy atom. The molecule has 1 aromatic carbocycles. The highest BCUT2D eigenvalue weighted by Gasteiger charge is 2.20. The first-order valence-corrected chi connectivity index (χ1v) is 7.44. The molecule has 21 heavy (non-hydrogen) atoms. The molecule has 0 amide bonds. The third-order valence-corrected chi connectivity index (χ3v) is 3.49. The molecule has 0 bridgehead atoms. The number of rotatable bonds is 9. The summed E-state index contributed by atoms with van der Waals surface area (Å²) in [6, 6.07) is 10.2. The lowest BCUT2D eigenvalue weighted by atomic mass is 10.0. The molecule has 0 fully saturated rings. The Labute approximate surface area is 128 Å². The summed E-state index contributed by atoms with van der Waals surface area (Å²) in [5.41, 5.74) is 1.00. The summed E-state index contributed by atoms with van der Waals surface area (Å²) in [7, 11) is 1.72. The van der Waals surface area contributed by atoms with Crippen LogP contribution in [0, 0.1) is 0 Å². The Morgan fingerprint density at radius 1 is 1.24 bits per heavy atom. The highest BCUT2D eigenvalue weighted by molar-refractivity contribution is 5.71. The minimum Gasteiger partial charge on any atom is -0.465 e. The van der Waals surface area contributed by atoms with E-state index >= 15 is 0 Å². The van der Waals surface area contributed by atoms with Gasteiger partial charge in [0, 0.05) is 20.2 Å². The van der Waals surface area contributed by atoms with Gasteiger partial charge in [-0.1, -0.05) is 30.3 Å². The largest absolute Gasteiger partial charge is 0.465 e. The Balaban J connectivity index is 2.63. The van der Waals surface area contributed by atoms with Crippen LogP contribution in [0.5, 0.6) is 0 Å². The number of carbonyl (C=O) groups excluding carboxylic acids is 1. The van der Waals surface area contributed by atoms with Crippen molar-refractivity contribution in [2.45, 2.75) is 39.3 Å². The van der Waals surface area contributed by atoms with Crippen LogP contribution in [0.3, 0.4) is 0 Å². The number of ether oxygens (including phenoxy) is 2. The Morgan fingerprint density at radius 3 is 2.48 bits per heavy atom. The van der Waals surface area contributed by atoms with Gasteiger partial charge in [-0.2, -0.15) is 0 Å². The molecule has 0 atom stereocenters. The third kappa shape index (κ3) is 7.25. The van der Waals surface area contributed by atoms with Crippen LogP contribution >= 0.6 is 0 Å². The SMILES string of the molecule is CCOC(=O)CN(CCC(C)(C)OC)Cc1ccccc1. The van der Waals surface area contributed by atoms with Crippen molar-refractivity contribution in [3.8, 4) is 0 Å². The maximum absolute atomic E-state index is 11.7. The minimum absolute atomic E-state index is 0.177. The third-order valence-electron chi connectivity index (χ3n) is 3.49. The molecule has 0 saturated carbocycles. The van der Waals surface area contributed by atoms with Gasteiger partial charge in [-0.05, 0) is 32.8 Å². The van der Waals surface area contributed by atoms with E-state index in [1.807, 2.05) is 25.1 Å². The summed E-state index contributed by atoms with van der Waals surface area (Å²) in [6.07, 6.45) is 0.857. The lowest BCUT2D eigenvalue weighted by Gasteiger charge is -2.28. The molecule has 0 heterocycles. The van der Waals surface area contributed by atoms with Gasteiger partial charge in [-0.15, -0.1) is 0 Å². The Hall–Kier alpha value is -1.39. The van der Waals surface area contributed by atoms with E-state index in [0.29, 0.717) is 13.2 Å². The molecule has 118 valence electrons. The fourth-order valence-corrected chi connectivity index (χ4v) is 1.97. The molecule has 0 spiro atoms. The smallest absolute Gasteiger partial charge is 0.320 e. The van der Waals surface area contributed by atoms with Gasteiger partial charge in [0.1, 0.15) is 0 Å². The monoisotopic (exact) mass is 293 g/mol. The molecule has 0 N–H and O–H groups in total. The van der Waals surface area contributed by atoms with Crippen LogP contribution < -0.4 is 0 Å². The number of benzene rings is 1. The average Bonchev–Trinajstić information content (AvgIpc) is 2.46. The maximum atomic E-state index is 11.7. The fourth-order valence-electron chi connectivity index (χ4n) is 1.97. The van der Waals surface area contributed by atoms with E-state index < -0.39 is 0 Å². The maximum Gasteiger partial charge on any atom is 0.320 e. The molecule has 0 radical (unpaired) electrons. The van der Waals surface area contributed by atoms with Crippen molar-refractivity contribution in [2.75, 3.05) is 26.8 Å². The van der Waals surface area contributed by atoms with Crippen LogP contribution in [0.4, 0.5) is 0 Å². The molecule has 1 rings (SSSR count). The first-order chi connectivity index (χ1) is 9.96. The molecule has 1 aromatic rings. The molecule has 4 nitrogen and oxygen atoms in total. The number of hydrogen-bond donors (Lipinski definition) is 0. The Bertz CT molecular complexity index is 417. The first-order valence-electron chi connectivity index (χ1n) is 7.44. The molecule has 0 aliphatic rings. The number of nitrogens with zero attached hydrogens (tertiary/aromatic N) is 1. The highest BCUT2D eigenvalue weighted by atomic mass is 16.5. The fraction of sp³-hybridized carbons (Fsp3) is 0.588. The second-order valence-electron chi connectivity index (χ2n) is 5.72. The van der Waals surface area contributed by atoms with Crippen LogP contribution in [0.25, 0.3) is 0 Å². The summed E-state index contributed by atoms with van der Waals surface area (Å²) < 4.78 is 10.5. The summed E-state index contributed by atoms with van der Waals surface area (Å²) >= 11 is 0. The topological polar surface area (TPSA) is 38.8 Å². The van der Waals surface area contributed by atoms with Crippen LogP contribution in [-0.4, -0.2) is 43.3 Å². The van der Waals surface area contributed by atoms with E-state index in [4.69, 9.17) is 9.47 Å². The summed E-state index contributed by atoms with van der Waals surface area (Å²) in [5, 5.41) is 0. The van der Waals surface area contributed by atoms with Gasteiger partial charge in [0.25, 0.3) is 0 Å². The van der Waals surface area contributed by atoms with Crippen molar-refractivity contribution in [1.82, 2.24) is 4.90 Å². The van der Waals surface area contributed by atoms with E-state index in [0.717, 1.165) is 19.5 Å². The summed E-state index contributed by atoms with van der Waals surface area (Å²) in [6.45, 7) is 8.18. The first kappa shape index (κ1) is 17.7. The van der Waals surface area contributed by atoms with Gasteiger partial charge >= 0.3 is 5.97 Å². The van der Waals surface area contributed by atoms with Gasteiger partial charge < -0.3 is 9.47 Å². The molecular weight excluding hydrogens is 266 g/mol. The van der Waals surface area contributed by atoms with Crippen LogP contribution in [-0.2, 0) is 20.8 Å². The summed E-state index contributed by atoms with van der Waals surface area (Å²) in [4.78, 5) is 13.8. The zero-order valence-electron chi connectivity index (χ0n) is 13.6. The minimum atomic E-state index is -0.191. The molecule has 0 aliphatic heterocycles. The van der Waals surface area contributed by atoms with Crippen LogP contribution in [0.15, 0.2) is 30.3 Å². The number of methoxy groups -OCH3 is 1. The van der Waals surface area contributed by atoms with Gasteiger partial charge in [0.2, 0.25) is 0 Å². The van der Waals surface area contributed by atoms with E-state index in [9.17, 15) is 4.79 Å². The van der Waals surface area contributed by atoms with Crippen molar-refractivity contribution in [2.24, 2.45) is 0 Å². The van der Waals surface area contributed by atoms with Crippen molar-refractivity contribution in [3.63, 3.8) is 0 Å². The molecule has 0 saturated heterocycles. The second-order valence-corrected chi connectivity index (χ2v) is 5.72. The zero-order chi connectivity index (χ0) is 15.7. The number of carbonyl (C=O) groups is 1. The number of esters is 1. The molecule has 0 aromatic heterocycles. The Kier molecular flexibility index (Phi) is 7.40.